The number of aromatic nitrogens is 2. The topological polar surface area (TPSA) is 90.1 Å². The second-order valence-corrected chi connectivity index (χ2v) is 9.42. The zero-order chi connectivity index (χ0) is 20.7. The molecule has 0 aliphatic heterocycles. The van der Waals surface area contributed by atoms with Gasteiger partial charge in [-0.05, 0) is 62.4 Å². The Morgan fingerprint density at radius 2 is 2.03 bits per heavy atom. The minimum atomic E-state index is -0.241. The minimum absolute atomic E-state index is 0.241. The summed E-state index contributed by atoms with van der Waals surface area (Å²) in [5, 5.41) is 4.34. The van der Waals surface area contributed by atoms with Gasteiger partial charge in [0.25, 0.3) is 5.91 Å². The number of ether oxygens (including phenoxy) is 1. The lowest BCUT2D eigenvalue weighted by Gasteiger charge is -2.04. The van der Waals surface area contributed by atoms with Crippen LogP contribution in [0.15, 0.2) is 24.3 Å². The van der Waals surface area contributed by atoms with Crippen molar-refractivity contribution in [2.75, 3.05) is 17.7 Å². The molecule has 0 atom stereocenters. The maximum Gasteiger partial charge on any atom is 0.269 e. The van der Waals surface area contributed by atoms with E-state index in [1.54, 1.807) is 0 Å². The Hall–Kier alpha value is -2.71. The molecule has 0 unspecified atom stereocenters. The van der Waals surface area contributed by atoms with Gasteiger partial charge in [-0.1, -0.05) is 17.8 Å². The molecule has 4 aromatic rings. The van der Waals surface area contributed by atoms with Crippen LogP contribution < -0.4 is 15.8 Å². The molecule has 0 fully saturated rings. The van der Waals surface area contributed by atoms with Crippen LogP contribution >= 0.6 is 22.7 Å². The molecule has 154 valence electrons. The Kier molecular flexibility index (Phi) is 5.04. The van der Waals surface area contributed by atoms with Gasteiger partial charge in [-0.25, -0.2) is 9.97 Å². The van der Waals surface area contributed by atoms with E-state index in [4.69, 9.17) is 15.5 Å². The van der Waals surface area contributed by atoms with Crippen molar-refractivity contribution < 1.29 is 9.53 Å². The molecule has 8 heteroatoms. The Bertz CT molecular complexity index is 1260. The average Bonchev–Trinajstić information content (AvgIpc) is 3.17. The van der Waals surface area contributed by atoms with E-state index in [0.717, 1.165) is 44.7 Å². The van der Waals surface area contributed by atoms with Crippen molar-refractivity contribution in [1.29, 1.82) is 0 Å². The normalized spacial score (nSPS) is 13.9. The van der Waals surface area contributed by atoms with Crippen molar-refractivity contribution in [1.82, 2.24) is 9.97 Å². The number of aryl methyl sites for hydroxylation is 2. The number of hydrogen-bond donors (Lipinski definition) is 2. The smallest absolute Gasteiger partial charge is 0.269 e. The maximum atomic E-state index is 13.0. The van der Waals surface area contributed by atoms with Crippen LogP contribution in [0.5, 0.6) is 5.75 Å². The summed E-state index contributed by atoms with van der Waals surface area (Å²) in [7, 11) is 0. The van der Waals surface area contributed by atoms with Crippen LogP contribution in [-0.4, -0.2) is 22.5 Å². The molecule has 0 spiro atoms. The van der Waals surface area contributed by atoms with Gasteiger partial charge in [0.1, 0.15) is 15.5 Å². The van der Waals surface area contributed by atoms with E-state index < -0.39 is 0 Å². The summed E-state index contributed by atoms with van der Waals surface area (Å²) in [5.74, 6) is 0.556. The summed E-state index contributed by atoms with van der Waals surface area (Å²) < 4.78 is 6.51. The third kappa shape index (κ3) is 3.50. The SMILES string of the molecule is CCOc1ccc2nc(NC(=O)c3sc4nc5c(cc4c3N)CCCCC5)sc2c1. The fourth-order valence-corrected chi connectivity index (χ4v) is 5.75. The number of nitrogens with two attached hydrogens (primary N) is 1. The largest absolute Gasteiger partial charge is 0.494 e. The zero-order valence-corrected chi connectivity index (χ0v) is 18.3. The number of fused-ring (bicyclic) bond motifs is 3. The molecular formula is C22H22N4O2S2. The third-order valence-electron chi connectivity index (χ3n) is 5.35. The van der Waals surface area contributed by atoms with E-state index in [1.807, 2.05) is 25.1 Å². The number of carbonyl (C=O) groups excluding carboxylic acids is 1. The number of benzene rings is 1. The number of nitrogens with zero attached hydrogens (tertiary/aromatic N) is 2. The molecule has 0 radical (unpaired) electrons. The van der Waals surface area contributed by atoms with E-state index in [9.17, 15) is 4.79 Å². The summed E-state index contributed by atoms with van der Waals surface area (Å²) in [6, 6.07) is 7.86. The van der Waals surface area contributed by atoms with Crippen LogP contribution in [0.1, 0.15) is 47.1 Å². The summed E-state index contributed by atoms with van der Waals surface area (Å²) in [4.78, 5) is 23.6. The molecule has 3 heterocycles. The summed E-state index contributed by atoms with van der Waals surface area (Å²) in [6.07, 6.45) is 5.62. The van der Waals surface area contributed by atoms with Gasteiger partial charge in [0.05, 0.1) is 22.5 Å². The van der Waals surface area contributed by atoms with Crippen LogP contribution in [0.4, 0.5) is 10.8 Å². The Morgan fingerprint density at radius 3 is 2.90 bits per heavy atom. The average molecular weight is 439 g/mol. The Balaban J connectivity index is 1.44. The maximum absolute atomic E-state index is 13.0. The molecule has 30 heavy (non-hydrogen) atoms. The number of carbonyl (C=O) groups is 1. The van der Waals surface area contributed by atoms with Gasteiger partial charge in [-0.2, -0.15) is 0 Å². The lowest BCUT2D eigenvalue weighted by Crippen LogP contribution is -2.11. The lowest BCUT2D eigenvalue weighted by atomic mass is 10.1. The molecule has 1 aliphatic rings. The zero-order valence-electron chi connectivity index (χ0n) is 16.7. The Morgan fingerprint density at radius 1 is 1.17 bits per heavy atom. The second-order valence-electron chi connectivity index (χ2n) is 7.39. The van der Waals surface area contributed by atoms with Crippen molar-refractivity contribution in [2.24, 2.45) is 0 Å². The number of thiophene rings is 1. The van der Waals surface area contributed by atoms with E-state index >= 15 is 0 Å². The van der Waals surface area contributed by atoms with E-state index in [0.29, 0.717) is 22.3 Å². The molecule has 1 aliphatic carbocycles. The van der Waals surface area contributed by atoms with Crippen LogP contribution in [0.3, 0.4) is 0 Å². The fourth-order valence-electron chi connectivity index (χ4n) is 3.87. The van der Waals surface area contributed by atoms with Gasteiger partial charge >= 0.3 is 0 Å². The van der Waals surface area contributed by atoms with Crippen LogP contribution in [0, 0.1) is 0 Å². The van der Waals surface area contributed by atoms with Crippen molar-refractivity contribution in [3.05, 3.63) is 40.4 Å². The van der Waals surface area contributed by atoms with Crippen molar-refractivity contribution in [3.8, 4) is 5.75 Å². The number of nitrogens with one attached hydrogen (secondary N) is 1. The van der Waals surface area contributed by atoms with Crippen LogP contribution in [-0.2, 0) is 12.8 Å². The van der Waals surface area contributed by atoms with Crippen LogP contribution in [0.25, 0.3) is 20.4 Å². The lowest BCUT2D eigenvalue weighted by molar-refractivity contribution is 0.103. The molecule has 1 aromatic carbocycles. The number of amides is 1. The van der Waals surface area contributed by atoms with Crippen molar-refractivity contribution in [2.45, 2.75) is 39.0 Å². The Labute approximate surface area is 182 Å². The first-order valence-electron chi connectivity index (χ1n) is 10.2. The first-order chi connectivity index (χ1) is 14.6. The quantitative estimate of drug-likeness (QED) is 0.416. The molecular weight excluding hydrogens is 416 g/mol. The van der Waals surface area contributed by atoms with Gasteiger partial charge in [-0.3, -0.25) is 10.1 Å². The standard InChI is InChI=1S/C22H22N4O2S2/c1-2-28-13-8-9-16-17(11-13)29-22(25-16)26-20(27)19-18(23)14-10-12-6-4-3-5-7-15(12)24-21(14)30-19/h8-11H,2-7,23H2,1H3,(H,25,26,27). The first kappa shape index (κ1) is 19.3. The summed E-state index contributed by atoms with van der Waals surface area (Å²) >= 11 is 2.78. The second kappa shape index (κ2) is 7.85. The van der Waals surface area contributed by atoms with E-state index in [2.05, 4.69) is 16.4 Å². The van der Waals surface area contributed by atoms with Gasteiger partial charge in [0.15, 0.2) is 5.13 Å². The highest BCUT2D eigenvalue weighted by Crippen LogP contribution is 2.36. The molecule has 0 saturated carbocycles. The highest BCUT2D eigenvalue weighted by atomic mass is 32.1. The third-order valence-corrected chi connectivity index (χ3v) is 7.39. The molecule has 3 aromatic heterocycles. The van der Waals surface area contributed by atoms with Gasteiger partial charge in [-0.15, -0.1) is 11.3 Å². The van der Waals surface area contributed by atoms with Crippen LogP contribution in [0.2, 0.25) is 0 Å². The molecule has 0 saturated heterocycles. The number of anilines is 2. The van der Waals surface area contributed by atoms with E-state index in [1.165, 1.54) is 47.5 Å². The number of hydrogen-bond acceptors (Lipinski definition) is 7. The van der Waals surface area contributed by atoms with Gasteiger partial charge in [0, 0.05) is 11.1 Å². The van der Waals surface area contributed by atoms with Crippen molar-refractivity contribution >= 4 is 59.8 Å². The number of pyridine rings is 1. The highest BCUT2D eigenvalue weighted by molar-refractivity contribution is 7.23. The summed E-state index contributed by atoms with van der Waals surface area (Å²) in [5.41, 5.74) is 10.1. The van der Waals surface area contributed by atoms with Gasteiger partial charge < -0.3 is 10.5 Å². The molecule has 1 amide bonds. The van der Waals surface area contributed by atoms with E-state index in [-0.39, 0.29) is 5.91 Å². The molecule has 3 N–H and O–H groups in total. The number of nitrogen functional groups attached to an aromatic ring is 1. The molecule has 6 nitrogen and oxygen atoms in total. The predicted octanol–water partition coefficient (Wildman–Crippen LogP) is 5.41. The van der Waals surface area contributed by atoms with Crippen molar-refractivity contribution in [3.63, 3.8) is 0 Å². The molecule has 5 rings (SSSR count). The molecule has 0 bridgehead atoms. The minimum Gasteiger partial charge on any atom is -0.494 e. The van der Waals surface area contributed by atoms with Gasteiger partial charge in [0.2, 0.25) is 0 Å². The fraction of sp³-hybridized carbons (Fsp3) is 0.318. The monoisotopic (exact) mass is 438 g/mol. The summed E-state index contributed by atoms with van der Waals surface area (Å²) in [6.45, 7) is 2.56. The highest BCUT2D eigenvalue weighted by Gasteiger charge is 2.21. The predicted molar refractivity (Wildman–Crippen MR) is 124 cm³/mol. The number of thiazole rings is 1. The first-order valence-corrected chi connectivity index (χ1v) is 11.8. The number of rotatable bonds is 4.